The molecule has 118 valence electrons. The first-order chi connectivity index (χ1) is 10.5. The zero-order chi connectivity index (χ0) is 16.1. The number of carbonyl (C=O) groups is 2. The topological polar surface area (TPSA) is 49.4 Å². The molecule has 1 aliphatic rings. The van der Waals surface area contributed by atoms with E-state index in [4.69, 9.17) is 0 Å². The summed E-state index contributed by atoms with van der Waals surface area (Å²) in [5, 5.41) is 2.99. The molecule has 1 aromatic carbocycles. The van der Waals surface area contributed by atoms with Crippen molar-refractivity contribution < 1.29 is 14.0 Å². The zero-order valence-corrected chi connectivity index (χ0v) is 12.9. The van der Waals surface area contributed by atoms with Gasteiger partial charge in [-0.2, -0.15) is 0 Å². The molecule has 0 unspecified atom stereocenters. The summed E-state index contributed by atoms with van der Waals surface area (Å²) in [5.74, 6) is -1.16. The molecule has 0 spiro atoms. The first-order valence-electron chi connectivity index (χ1n) is 7.38. The van der Waals surface area contributed by atoms with Gasteiger partial charge in [0.1, 0.15) is 5.82 Å². The SMILES string of the molecule is CN(C)CCNC=C1C(=O)CC(c2ccccc2F)CC1=O. The summed E-state index contributed by atoms with van der Waals surface area (Å²) in [7, 11) is 3.90. The van der Waals surface area contributed by atoms with Gasteiger partial charge in [-0.15, -0.1) is 0 Å². The highest BCUT2D eigenvalue weighted by Crippen LogP contribution is 2.32. The summed E-state index contributed by atoms with van der Waals surface area (Å²) < 4.78 is 13.8. The molecule has 22 heavy (non-hydrogen) atoms. The van der Waals surface area contributed by atoms with Crippen LogP contribution in [0.2, 0.25) is 0 Å². The summed E-state index contributed by atoms with van der Waals surface area (Å²) >= 11 is 0. The second-order valence-corrected chi connectivity index (χ2v) is 5.79. The van der Waals surface area contributed by atoms with E-state index in [2.05, 4.69) is 5.32 Å². The van der Waals surface area contributed by atoms with Gasteiger partial charge in [-0.25, -0.2) is 4.39 Å². The van der Waals surface area contributed by atoms with Crippen molar-refractivity contribution >= 4 is 11.6 Å². The van der Waals surface area contributed by atoms with Gasteiger partial charge in [-0.1, -0.05) is 18.2 Å². The fourth-order valence-electron chi connectivity index (χ4n) is 2.54. The van der Waals surface area contributed by atoms with E-state index in [0.717, 1.165) is 6.54 Å². The smallest absolute Gasteiger partial charge is 0.168 e. The molecule has 0 saturated heterocycles. The molecule has 0 aliphatic heterocycles. The minimum Gasteiger partial charge on any atom is -0.389 e. The Morgan fingerprint density at radius 3 is 2.45 bits per heavy atom. The highest BCUT2D eigenvalue weighted by atomic mass is 19.1. The largest absolute Gasteiger partial charge is 0.389 e. The monoisotopic (exact) mass is 304 g/mol. The Kier molecular flexibility index (Phi) is 5.44. The number of nitrogens with one attached hydrogen (secondary N) is 1. The van der Waals surface area contributed by atoms with Crippen molar-refractivity contribution in [2.75, 3.05) is 27.2 Å². The molecule has 1 fully saturated rings. The van der Waals surface area contributed by atoms with E-state index < -0.39 is 0 Å². The Morgan fingerprint density at radius 2 is 1.86 bits per heavy atom. The Labute approximate surface area is 130 Å². The van der Waals surface area contributed by atoms with Gasteiger partial charge >= 0.3 is 0 Å². The number of ketones is 2. The molecule has 5 heteroatoms. The van der Waals surface area contributed by atoms with Crippen LogP contribution < -0.4 is 5.32 Å². The Hall–Kier alpha value is -2.01. The van der Waals surface area contributed by atoms with E-state index in [1.54, 1.807) is 18.2 Å². The maximum Gasteiger partial charge on any atom is 0.168 e. The van der Waals surface area contributed by atoms with E-state index in [1.165, 1.54) is 12.3 Å². The van der Waals surface area contributed by atoms with Crippen molar-refractivity contribution in [3.8, 4) is 0 Å². The second kappa shape index (κ2) is 7.31. The summed E-state index contributed by atoms with van der Waals surface area (Å²) in [6, 6.07) is 6.33. The van der Waals surface area contributed by atoms with E-state index in [-0.39, 0.29) is 41.7 Å². The molecule has 0 amide bonds. The first kappa shape index (κ1) is 16.4. The first-order valence-corrected chi connectivity index (χ1v) is 7.38. The Morgan fingerprint density at radius 1 is 1.23 bits per heavy atom. The van der Waals surface area contributed by atoms with Crippen molar-refractivity contribution in [3.63, 3.8) is 0 Å². The van der Waals surface area contributed by atoms with E-state index in [0.29, 0.717) is 12.1 Å². The highest BCUT2D eigenvalue weighted by molar-refractivity contribution is 6.22. The highest BCUT2D eigenvalue weighted by Gasteiger charge is 2.32. The van der Waals surface area contributed by atoms with Crippen LogP contribution in [0, 0.1) is 5.82 Å². The van der Waals surface area contributed by atoms with Gasteiger partial charge < -0.3 is 10.2 Å². The lowest BCUT2D eigenvalue weighted by Gasteiger charge is -2.22. The van der Waals surface area contributed by atoms with E-state index in [9.17, 15) is 14.0 Å². The molecular formula is C17H21FN2O2. The summed E-state index contributed by atoms with van der Waals surface area (Å²) in [4.78, 5) is 26.3. The summed E-state index contributed by atoms with van der Waals surface area (Å²) in [5.41, 5.74) is 0.648. The molecule has 1 aliphatic carbocycles. The van der Waals surface area contributed by atoms with Gasteiger partial charge in [-0.3, -0.25) is 9.59 Å². The molecule has 0 aromatic heterocycles. The number of rotatable bonds is 5. The minimum atomic E-state index is -0.361. The number of benzene rings is 1. The maximum absolute atomic E-state index is 13.8. The number of likely N-dealkylation sites (N-methyl/N-ethyl adjacent to an activating group) is 1. The average molecular weight is 304 g/mol. The number of allylic oxidation sites excluding steroid dienone is 1. The third-order valence-corrected chi connectivity index (χ3v) is 3.76. The van der Waals surface area contributed by atoms with Gasteiger partial charge in [-0.05, 0) is 25.7 Å². The number of carbonyl (C=O) groups excluding carboxylic acids is 2. The summed E-state index contributed by atoms with van der Waals surface area (Å²) in [6.07, 6.45) is 1.85. The molecule has 0 heterocycles. The van der Waals surface area contributed by atoms with Crippen LogP contribution in [-0.2, 0) is 9.59 Å². The molecule has 0 bridgehead atoms. The fourth-order valence-corrected chi connectivity index (χ4v) is 2.54. The van der Waals surface area contributed by atoms with Gasteiger partial charge in [0.05, 0.1) is 5.57 Å². The van der Waals surface area contributed by atoms with Crippen molar-refractivity contribution in [1.29, 1.82) is 0 Å². The molecule has 1 saturated carbocycles. The van der Waals surface area contributed by atoms with Crippen LogP contribution in [0.15, 0.2) is 36.0 Å². The number of hydrogen-bond donors (Lipinski definition) is 1. The molecule has 1 aromatic rings. The third-order valence-electron chi connectivity index (χ3n) is 3.76. The standard InChI is InChI=1S/C17H21FN2O2/c1-20(2)8-7-19-11-14-16(21)9-12(10-17(14)22)13-5-3-4-6-15(13)18/h3-6,11-12,19H,7-10H2,1-2H3. The Balaban J connectivity index is 2.03. The van der Waals surface area contributed by atoms with Crippen LogP contribution in [0.4, 0.5) is 4.39 Å². The van der Waals surface area contributed by atoms with Crippen LogP contribution in [0.1, 0.15) is 24.3 Å². The minimum absolute atomic E-state index is 0.174. The predicted octanol–water partition coefficient (Wildman–Crippen LogP) is 1.88. The average Bonchev–Trinajstić information content (AvgIpc) is 2.45. The van der Waals surface area contributed by atoms with Gasteiger partial charge in [0, 0.05) is 38.0 Å². The Bertz CT molecular complexity index is 576. The van der Waals surface area contributed by atoms with E-state index in [1.807, 2.05) is 19.0 Å². The molecule has 0 radical (unpaired) electrons. The quantitative estimate of drug-likeness (QED) is 0.513. The van der Waals surface area contributed by atoms with E-state index >= 15 is 0 Å². The number of halogens is 1. The second-order valence-electron chi connectivity index (χ2n) is 5.79. The molecule has 1 N–H and O–H groups in total. The number of Topliss-reactive ketones (excluding diaryl/α,β-unsaturated/α-hetero) is 2. The molecule has 0 atom stereocenters. The van der Waals surface area contributed by atoms with Crippen LogP contribution in [-0.4, -0.2) is 43.7 Å². The van der Waals surface area contributed by atoms with Gasteiger partial charge in [0.25, 0.3) is 0 Å². The van der Waals surface area contributed by atoms with Crippen LogP contribution in [0.3, 0.4) is 0 Å². The van der Waals surface area contributed by atoms with Gasteiger partial charge in [0.15, 0.2) is 11.6 Å². The normalized spacial score (nSPS) is 18.7. The molecule has 4 nitrogen and oxygen atoms in total. The lowest BCUT2D eigenvalue weighted by atomic mass is 9.80. The predicted molar refractivity (Wildman–Crippen MR) is 83.0 cm³/mol. The van der Waals surface area contributed by atoms with Gasteiger partial charge in [0.2, 0.25) is 0 Å². The lowest BCUT2D eigenvalue weighted by Crippen LogP contribution is -2.28. The number of nitrogens with zero attached hydrogens (tertiary/aromatic N) is 1. The third kappa shape index (κ3) is 4.01. The molecule has 2 rings (SSSR count). The van der Waals surface area contributed by atoms with Crippen molar-refractivity contribution in [1.82, 2.24) is 10.2 Å². The van der Waals surface area contributed by atoms with Crippen LogP contribution in [0.5, 0.6) is 0 Å². The lowest BCUT2D eigenvalue weighted by molar-refractivity contribution is -0.124. The summed E-state index contributed by atoms with van der Waals surface area (Å²) in [6.45, 7) is 1.47. The van der Waals surface area contributed by atoms with Crippen molar-refractivity contribution in [2.45, 2.75) is 18.8 Å². The fraction of sp³-hybridized carbons (Fsp3) is 0.412. The van der Waals surface area contributed by atoms with Crippen molar-refractivity contribution in [2.24, 2.45) is 0 Å². The number of hydrogen-bond acceptors (Lipinski definition) is 4. The van der Waals surface area contributed by atoms with Crippen molar-refractivity contribution in [3.05, 3.63) is 47.4 Å². The van der Waals surface area contributed by atoms with Crippen LogP contribution in [0.25, 0.3) is 0 Å². The van der Waals surface area contributed by atoms with Crippen LogP contribution >= 0.6 is 0 Å². The zero-order valence-electron chi connectivity index (χ0n) is 12.9. The maximum atomic E-state index is 13.8. The molecular weight excluding hydrogens is 283 g/mol.